The van der Waals surface area contributed by atoms with E-state index in [1.54, 1.807) is 12.4 Å². The van der Waals surface area contributed by atoms with E-state index < -0.39 is 0 Å². The number of amides is 1. The normalized spacial score (nSPS) is 16.4. The smallest absolute Gasteiger partial charge is 0.221 e. The number of carbonyl (C=O) groups is 1. The maximum Gasteiger partial charge on any atom is 0.221 e. The lowest BCUT2D eigenvalue weighted by atomic mass is 10.1. The molecule has 0 bridgehead atoms. The second kappa shape index (κ2) is 8.39. The molecule has 0 aliphatic carbocycles. The lowest BCUT2D eigenvalue weighted by Crippen LogP contribution is -2.32. The molecule has 1 aliphatic rings. The molecule has 4 rings (SSSR count). The first kappa shape index (κ1) is 18.4. The zero-order valence-electron chi connectivity index (χ0n) is 16.0. The number of fused-ring (bicyclic) bond motifs is 1. The Morgan fingerprint density at radius 3 is 3.14 bits per heavy atom. The molecule has 146 valence electrons. The van der Waals surface area contributed by atoms with Gasteiger partial charge in [-0.15, -0.1) is 0 Å². The number of nitrogens with one attached hydrogen (secondary N) is 2. The van der Waals surface area contributed by atoms with Crippen molar-refractivity contribution in [1.29, 1.82) is 0 Å². The maximum absolute atomic E-state index is 12.2. The van der Waals surface area contributed by atoms with E-state index in [1.165, 1.54) is 5.56 Å². The number of hydrogen-bond donors (Lipinski definition) is 2. The van der Waals surface area contributed by atoms with Crippen LogP contribution in [0.15, 0.2) is 42.9 Å². The molecule has 1 amide bonds. The average molecular weight is 379 g/mol. The minimum absolute atomic E-state index is 0.0237. The number of nitrogens with zero attached hydrogens (tertiary/aromatic N) is 3. The Kier molecular flexibility index (Phi) is 5.53. The van der Waals surface area contributed by atoms with E-state index in [0.717, 1.165) is 42.2 Å². The lowest BCUT2D eigenvalue weighted by Gasteiger charge is -2.12. The third kappa shape index (κ3) is 4.14. The quantitative estimate of drug-likeness (QED) is 0.660. The molecule has 0 radical (unpaired) electrons. The van der Waals surface area contributed by atoms with Crippen molar-refractivity contribution in [2.45, 2.75) is 32.3 Å². The van der Waals surface area contributed by atoms with Crippen LogP contribution in [0.2, 0.25) is 0 Å². The molecule has 1 aromatic carbocycles. The van der Waals surface area contributed by atoms with Gasteiger partial charge in [-0.3, -0.25) is 14.2 Å². The predicted octanol–water partition coefficient (Wildman–Crippen LogP) is 2.80. The first-order chi connectivity index (χ1) is 13.7. The van der Waals surface area contributed by atoms with Crippen LogP contribution in [0, 0.1) is 6.92 Å². The fraction of sp³-hybridized carbons (Fsp3) is 0.381. The van der Waals surface area contributed by atoms with Gasteiger partial charge >= 0.3 is 0 Å². The molecule has 0 unspecified atom stereocenters. The van der Waals surface area contributed by atoms with Crippen molar-refractivity contribution < 1.29 is 9.53 Å². The fourth-order valence-electron chi connectivity index (χ4n) is 3.49. The molecule has 1 aliphatic heterocycles. The van der Waals surface area contributed by atoms with Gasteiger partial charge in [-0.1, -0.05) is 23.8 Å². The zero-order chi connectivity index (χ0) is 19.3. The van der Waals surface area contributed by atoms with Crippen LogP contribution in [-0.4, -0.2) is 46.1 Å². The van der Waals surface area contributed by atoms with E-state index in [-0.39, 0.29) is 12.0 Å². The standard InChI is InChI=1S/C21H25N5O2/c1-15-4-2-5-16(12-15)20-21(26-10-9-22-14-18(26)25-20)23-8-7-19(27)24-13-17-6-3-11-28-17/h2,4-5,9-10,12,14,17,23H,3,6-8,11,13H2,1H3,(H,24,27)/t17-/m1/s1. The summed E-state index contributed by atoms with van der Waals surface area (Å²) in [5.41, 5.74) is 3.84. The molecule has 7 nitrogen and oxygen atoms in total. The second-order valence-electron chi connectivity index (χ2n) is 7.10. The Bertz CT molecular complexity index is 962. The number of imidazole rings is 1. The highest BCUT2D eigenvalue weighted by Crippen LogP contribution is 2.29. The van der Waals surface area contributed by atoms with Gasteiger partial charge in [-0.2, -0.15) is 0 Å². The van der Waals surface area contributed by atoms with Gasteiger partial charge in [-0.25, -0.2) is 4.98 Å². The maximum atomic E-state index is 12.2. The molecule has 1 atom stereocenters. The number of benzene rings is 1. The summed E-state index contributed by atoms with van der Waals surface area (Å²) in [6, 6.07) is 8.23. The largest absolute Gasteiger partial charge is 0.376 e. The van der Waals surface area contributed by atoms with Crippen LogP contribution in [0.4, 0.5) is 5.82 Å². The molecule has 2 N–H and O–H groups in total. The molecule has 0 saturated carbocycles. The molecule has 2 aromatic heterocycles. The van der Waals surface area contributed by atoms with Crippen molar-refractivity contribution >= 4 is 17.4 Å². The number of rotatable bonds is 7. The topological polar surface area (TPSA) is 80.5 Å². The number of carbonyl (C=O) groups excluding carboxylic acids is 1. The van der Waals surface area contributed by atoms with Crippen molar-refractivity contribution in [3.63, 3.8) is 0 Å². The Morgan fingerprint density at radius 2 is 2.32 bits per heavy atom. The van der Waals surface area contributed by atoms with Gasteiger partial charge < -0.3 is 15.4 Å². The molecular weight excluding hydrogens is 354 g/mol. The van der Waals surface area contributed by atoms with E-state index in [0.29, 0.717) is 19.5 Å². The van der Waals surface area contributed by atoms with Gasteiger partial charge in [0.15, 0.2) is 5.65 Å². The van der Waals surface area contributed by atoms with Crippen LogP contribution in [0.3, 0.4) is 0 Å². The van der Waals surface area contributed by atoms with Gasteiger partial charge in [0.1, 0.15) is 11.5 Å². The number of anilines is 1. The summed E-state index contributed by atoms with van der Waals surface area (Å²) in [5.74, 6) is 0.894. The summed E-state index contributed by atoms with van der Waals surface area (Å²) in [7, 11) is 0. The Morgan fingerprint density at radius 1 is 1.39 bits per heavy atom. The first-order valence-corrected chi connectivity index (χ1v) is 9.72. The van der Waals surface area contributed by atoms with Crippen LogP contribution in [0.1, 0.15) is 24.8 Å². The zero-order valence-corrected chi connectivity index (χ0v) is 16.0. The molecular formula is C21H25N5O2. The summed E-state index contributed by atoms with van der Waals surface area (Å²) in [6.07, 6.45) is 7.99. The lowest BCUT2D eigenvalue weighted by molar-refractivity contribution is -0.121. The van der Waals surface area contributed by atoms with Crippen LogP contribution in [-0.2, 0) is 9.53 Å². The molecule has 1 fully saturated rings. The van der Waals surface area contributed by atoms with Gasteiger partial charge in [0.05, 0.1) is 12.3 Å². The Labute approximate surface area is 164 Å². The molecule has 3 aromatic rings. The number of ether oxygens (including phenoxy) is 1. The van der Waals surface area contributed by atoms with E-state index in [2.05, 4.69) is 34.7 Å². The van der Waals surface area contributed by atoms with Crippen molar-refractivity contribution in [3.8, 4) is 11.3 Å². The summed E-state index contributed by atoms with van der Waals surface area (Å²) in [4.78, 5) is 21.0. The van der Waals surface area contributed by atoms with E-state index >= 15 is 0 Å². The van der Waals surface area contributed by atoms with E-state index in [4.69, 9.17) is 9.72 Å². The van der Waals surface area contributed by atoms with Crippen LogP contribution in [0.5, 0.6) is 0 Å². The summed E-state index contributed by atoms with van der Waals surface area (Å²) in [6.45, 7) is 3.97. The van der Waals surface area contributed by atoms with Crippen LogP contribution in [0.25, 0.3) is 16.9 Å². The SMILES string of the molecule is Cc1cccc(-c2nc3cnccn3c2NCCC(=O)NC[C@H]2CCCO2)c1. The summed E-state index contributed by atoms with van der Waals surface area (Å²) in [5, 5.41) is 6.35. The van der Waals surface area contributed by atoms with Crippen molar-refractivity contribution in [3.05, 3.63) is 48.4 Å². The van der Waals surface area contributed by atoms with Crippen LogP contribution >= 0.6 is 0 Å². The predicted molar refractivity (Wildman–Crippen MR) is 108 cm³/mol. The minimum atomic E-state index is 0.0237. The highest BCUT2D eigenvalue weighted by molar-refractivity contribution is 5.78. The van der Waals surface area contributed by atoms with Crippen LogP contribution < -0.4 is 10.6 Å². The number of aryl methyl sites for hydroxylation is 1. The highest BCUT2D eigenvalue weighted by Gasteiger charge is 2.17. The van der Waals surface area contributed by atoms with Gasteiger partial charge in [0, 0.05) is 44.1 Å². The van der Waals surface area contributed by atoms with Crippen molar-refractivity contribution in [2.75, 3.05) is 25.0 Å². The van der Waals surface area contributed by atoms with Crippen molar-refractivity contribution in [2.24, 2.45) is 0 Å². The summed E-state index contributed by atoms with van der Waals surface area (Å²) < 4.78 is 7.51. The van der Waals surface area contributed by atoms with E-state index in [9.17, 15) is 4.79 Å². The monoisotopic (exact) mass is 379 g/mol. The Hall–Kier alpha value is -2.93. The fourth-order valence-corrected chi connectivity index (χ4v) is 3.49. The summed E-state index contributed by atoms with van der Waals surface area (Å²) >= 11 is 0. The van der Waals surface area contributed by atoms with Crippen molar-refractivity contribution in [1.82, 2.24) is 19.7 Å². The molecule has 28 heavy (non-hydrogen) atoms. The second-order valence-corrected chi connectivity index (χ2v) is 7.10. The third-order valence-corrected chi connectivity index (χ3v) is 4.92. The van der Waals surface area contributed by atoms with Gasteiger partial charge in [0.2, 0.25) is 5.91 Å². The minimum Gasteiger partial charge on any atom is -0.376 e. The van der Waals surface area contributed by atoms with E-state index in [1.807, 2.05) is 22.7 Å². The molecule has 7 heteroatoms. The van der Waals surface area contributed by atoms with Gasteiger partial charge in [0.25, 0.3) is 0 Å². The average Bonchev–Trinajstić information content (AvgIpc) is 3.34. The number of hydrogen-bond acceptors (Lipinski definition) is 5. The molecule has 1 saturated heterocycles. The first-order valence-electron chi connectivity index (χ1n) is 9.72. The molecule has 3 heterocycles. The number of aromatic nitrogens is 3. The Balaban J connectivity index is 1.45. The molecule has 0 spiro atoms. The third-order valence-electron chi connectivity index (χ3n) is 4.92. The van der Waals surface area contributed by atoms with Gasteiger partial charge in [-0.05, 0) is 25.8 Å². The highest BCUT2D eigenvalue weighted by atomic mass is 16.5.